The van der Waals surface area contributed by atoms with Crippen molar-refractivity contribution >= 4 is 17.5 Å². The molecule has 0 aromatic carbocycles. The van der Waals surface area contributed by atoms with E-state index in [0.717, 1.165) is 25.0 Å². The predicted molar refractivity (Wildman–Crippen MR) is 62.6 cm³/mol. The van der Waals surface area contributed by atoms with Gasteiger partial charge in [-0.2, -0.15) is 5.10 Å². The van der Waals surface area contributed by atoms with Crippen molar-refractivity contribution in [1.82, 2.24) is 15.5 Å². The fourth-order valence-corrected chi connectivity index (χ4v) is 2.49. The average Bonchev–Trinajstić information content (AvgIpc) is 2.84. The third-order valence-electron chi connectivity index (χ3n) is 3.10. The topological polar surface area (TPSA) is 57.8 Å². The molecule has 0 bridgehead atoms. The lowest BCUT2D eigenvalue weighted by molar-refractivity contribution is 0.0947. The standard InChI is InChI=1S/C11H16ClN3O/c1-7-10(6-14-15-7)11(16)13-5-8-2-3-9(12)4-8/h6,8-9H,2-5H2,1H3,(H,13,16)(H,14,15). The summed E-state index contributed by atoms with van der Waals surface area (Å²) in [5.41, 5.74) is 1.43. The van der Waals surface area contributed by atoms with E-state index in [1.54, 1.807) is 6.20 Å². The minimum absolute atomic E-state index is 0.0516. The van der Waals surface area contributed by atoms with Crippen LogP contribution in [0.2, 0.25) is 0 Å². The van der Waals surface area contributed by atoms with Crippen molar-refractivity contribution in [2.24, 2.45) is 5.92 Å². The summed E-state index contributed by atoms with van der Waals surface area (Å²) in [6, 6.07) is 0. The molecule has 88 valence electrons. The van der Waals surface area contributed by atoms with Gasteiger partial charge in [0, 0.05) is 17.6 Å². The van der Waals surface area contributed by atoms with Gasteiger partial charge in [0.1, 0.15) is 0 Å². The van der Waals surface area contributed by atoms with Crippen LogP contribution in [0.1, 0.15) is 35.3 Å². The highest BCUT2D eigenvalue weighted by Gasteiger charge is 2.23. The van der Waals surface area contributed by atoms with Gasteiger partial charge in [0.25, 0.3) is 5.91 Å². The number of carbonyl (C=O) groups is 1. The van der Waals surface area contributed by atoms with E-state index in [9.17, 15) is 4.79 Å². The average molecular weight is 242 g/mol. The van der Waals surface area contributed by atoms with E-state index in [0.29, 0.717) is 18.0 Å². The molecule has 0 aliphatic heterocycles. The number of nitrogens with zero attached hydrogens (tertiary/aromatic N) is 1. The lowest BCUT2D eigenvalue weighted by atomic mass is 10.1. The number of alkyl halides is 1. The highest BCUT2D eigenvalue weighted by atomic mass is 35.5. The van der Waals surface area contributed by atoms with Crippen molar-refractivity contribution < 1.29 is 4.79 Å². The quantitative estimate of drug-likeness (QED) is 0.794. The zero-order valence-electron chi connectivity index (χ0n) is 9.29. The number of aromatic amines is 1. The first-order chi connectivity index (χ1) is 7.66. The smallest absolute Gasteiger partial charge is 0.254 e. The minimum atomic E-state index is -0.0516. The first kappa shape index (κ1) is 11.5. The van der Waals surface area contributed by atoms with Crippen molar-refractivity contribution in [3.05, 3.63) is 17.5 Å². The van der Waals surface area contributed by atoms with Crippen molar-refractivity contribution in [3.8, 4) is 0 Å². The number of carbonyl (C=O) groups excluding carboxylic acids is 1. The van der Waals surface area contributed by atoms with E-state index in [1.807, 2.05) is 6.92 Å². The second-order valence-electron chi connectivity index (χ2n) is 4.40. The van der Waals surface area contributed by atoms with E-state index in [2.05, 4.69) is 15.5 Å². The molecule has 2 rings (SSSR count). The van der Waals surface area contributed by atoms with Gasteiger partial charge in [0.15, 0.2) is 0 Å². The first-order valence-corrected chi connectivity index (χ1v) is 6.02. The zero-order chi connectivity index (χ0) is 11.5. The van der Waals surface area contributed by atoms with Crippen LogP contribution < -0.4 is 5.32 Å². The van der Waals surface area contributed by atoms with Gasteiger partial charge in [-0.25, -0.2) is 0 Å². The molecule has 4 nitrogen and oxygen atoms in total. The number of H-pyrrole nitrogens is 1. The Balaban J connectivity index is 1.82. The Labute approximate surface area is 99.8 Å². The molecule has 0 spiro atoms. The van der Waals surface area contributed by atoms with Gasteiger partial charge < -0.3 is 5.32 Å². The number of aryl methyl sites for hydroxylation is 1. The van der Waals surface area contributed by atoms with E-state index in [1.165, 1.54) is 0 Å². The van der Waals surface area contributed by atoms with Gasteiger partial charge in [-0.05, 0) is 32.1 Å². The van der Waals surface area contributed by atoms with Crippen molar-refractivity contribution in [2.45, 2.75) is 31.6 Å². The molecule has 1 heterocycles. The van der Waals surface area contributed by atoms with Crippen LogP contribution in [0.25, 0.3) is 0 Å². The number of rotatable bonds is 3. The minimum Gasteiger partial charge on any atom is -0.352 e. The Hall–Kier alpha value is -1.03. The maximum absolute atomic E-state index is 11.8. The molecule has 16 heavy (non-hydrogen) atoms. The second kappa shape index (κ2) is 4.87. The maximum Gasteiger partial charge on any atom is 0.254 e. The Morgan fingerprint density at radius 3 is 3.06 bits per heavy atom. The van der Waals surface area contributed by atoms with Gasteiger partial charge in [0.05, 0.1) is 11.8 Å². The van der Waals surface area contributed by atoms with E-state index >= 15 is 0 Å². The lowest BCUT2D eigenvalue weighted by Gasteiger charge is -2.10. The third-order valence-corrected chi connectivity index (χ3v) is 3.50. The van der Waals surface area contributed by atoms with Crippen LogP contribution in [0.3, 0.4) is 0 Å². The van der Waals surface area contributed by atoms with E-state index in [4.69, 9.17) is 11.6 Å². The third kappa shape index (κ3) is 2.55. The molecule has 2 atom stereocenters. The number of hydrogen-bond acceptors (Lipinski definition) is 2. The van der Waals surface area contributed by atoms with Gasteiger partial charge in [-0.15, -0.1) is 11.6 Å². The van der Waals surface area contributed by atoms with E-state index < -0.39 is 0 Å². The molecule has 1 aromatic rings. The zero-order valence-corrected chi connectivity index (χ0v) is 10.0. The Morgan fingerprint density at radius 1 is 1.69 bits per heavy atom. The molecule has 1 aromatic heterocycles. The van der Waals surface area contributed by atoms with Crippen LogP contribution in [0.4, 0.5) is 0 Å². The molecule has 2 N–H and O–H groups in total. The summed E-state index contributed by atoms with van der Waals surface area (Å²) in [5, 5.41) is 9.80. The van der Waals surface area contributed by atoms with Crippen LogP contribution in [-0.2, 0) is 0 Å². The fraction of sp³-hybridized carbons (Fsp3) is 0.636. The van der Waals surface area contributed by atoms with Crippen LogP contribution in [-0.4, -0.2) is 28.0 Å². The molecule has 2 unspecified atom stereocenters. The van der Waals surface area contributed by atoms with Crippen molar-refractivity contribution in [3.63, 3.8) is 0 Å². The van der Waals surface area contributed by atoms with Crippen LogP contribution >= 0.6 is 11.6 Å². The molecule has 1 amide bonds. The normalized spacial score (nSPS) is 24.6. The summed E-state index contributed by atoms with van der Waals surface area (Å²) in [6.07, 6.45) is 4.74. The van der Waals surface area contributed by atoms with Gasteiger partial charge in [0.2, 0.25) is 0 Å². The van der Waals surface area contributed by atoms with E-state index in [-0.39, 0.29) is 11.3 Å². The Morgan fingerprint density at radius 2 is 2.50 bits per heavy atom. The number of aromatic nitrogens is 2. The summed E-state index contributed by atoms with van der Waals surface area (Å²) in [7, 11) is 0. The Bertz CT molecular complexity index is 377. The molecule has 1 aliphatic rings. The number of nitrogens with one attached hydrogen (secondary N) is 2. The van der Waals surface area contributed by atoms with Crippen molar-refractivity contribution in [1.29, 1.82) is 0 Å². The summed E-state index contributed by atoms with van der Waals surface area (Å²) in [4.78, 5) is 11.8. The molecule has 0 radical (unpaired) electrons. The lowest BCUT2D eigenvalue weighted by Crippen LogP contribution is -2.28. The number of amides is 1. The van der Waals surface area contributed by atoms with Crippen LogP contribution in [0.15, 0.2) is 6.20 Å². The van der Waals surface area contributed by atoms with Crippen molar-refractivity contribution in [2.75, 3.05) is 6.54 Å². The molecule has 1 fully saturated rings. The second-order valence-corrected chi connectivity index (χ2v) is 5.01. The maximum atomic E-state index is 11.8. The molecule has 5 heteroatoms. The van der Waals surface area contributed by atoms with Crippen LogP contribution in [0.5, 0.6) is 0 Å². The highest BCUT2D eigenvalue weighted by Crippen LogP contribution is 2.28. The summed E-state index contributed by atoms with van der Waals surface area (Å²) in [6.45, 7) is 2.55. The number of halogens is 1. The van der Waals surface area contributed by atoms with Crippen LogP contribution in [0, 0.1) is 12.8 Å². The molecule has 1 aliphatic carbocycles. The molecular weight excluding hydrogens is 226 g/mol. The molecule has 0 saturated heterocycles. The Kier molecular flexibility index (Phi) is 3.49. The molecular formula is C11H16ClN3O. The monoisotopic (exact) mass is 241 g/mol. The predicted octanol–water partition coefficient (Wildman–Crippen LogP) is 1.86. The van der Waals surface area contributed by atoms with Gasteiger partial charge in [-0.3, -0.25) is 9.89 Å². The summed E-state index contributed by atoms with van der Waals surface area (Å²) in [5.74, 6) is 0.475. The van der Waals surface area contributed by atoms with Gasteiger partial charge in [-0.1, -0.05) is 0 Å². The van der Waals surface area contributed by atoms with Gasteiger partial charge >= 0.3 is 0 Å². The largest absolute Gasteiger partial charge is 0.352 e. The summed E-state index contributed by atoms with van der Waals surface area (Å²) >= 11 is 6.02. The SMILES string of the molecule is Cc1[nH]ncc1C(=O)NCC1CCC(Cl)C1. The first-order valence-electron chi connectivity index (χ1n) is 5.59. The fourth-order valence-electron chi connectivity index (χ4n) is 2.11. The number of hydrogen-bond donors (Lipinski definition) is 2. The molecule has 1 saturated carbocycles. The summed E-state index contributed by atoms with van der Waals surface area (Å²) < 4.78 is 0. The highest BCUT2D eigenvalue weighted by molar-refractivity contribution is 6.20.